The maximum atomic E-state index is 4.73. The zero-order valence-electron chi connectivity index (χ0n) is 26.6. The number of fused-ring (bicyclic) bond motifs is 4. The fourth-order valence-electron chi connectivity index (χ4n) is 6.08. The third-order valence-corrected chi connectivity index (χ3v) is 11.9. The van der Waals surface area contributed by atoms with Crippen LogP contribution in [-0.4, -0.2) is 28.0 Å². The predicted molar refractivity (Wildman–Crippen MR) is 195 cm³/mol. The Hall–Kier alpha value is -5.13. The molecule has 1 aliphatic rings. The van der Waals surface area contributed by atoms with Crippen LogP contribution in [0.25, 0.3) is 55.3 Å². The Bertz CT molecular complexity index is 2110. The molecule has 0 fully saturated rings. The molecular weight excluding hydrogens is 781 g/mol. The average molecular weight is 812 g/mol. The fraction of sp³-hybridized carbons (Fsp3) is 0.0476. The maximum Gasteiger partial charge on any atom is 3.00 e. The van der Waals surface area contributed by atoms with Crippen LogP contribution in [0.4, 0.5) is 0 Å². The minimum Gasteiger partial charge on any atom is -0.305 e. The molecule has 0 spiro atoms. The normalized spacial score (nSPS) is 12.0. The van der Waals surface area contributed by atoms with Crippen LogP contribution >= 0.6 is 0 Å². The Labute approximate surface area is 296 Å². The Balaban J connectivity index is 0.000000136. The van der Waals surface area contributed by atoms with Gasteiger partial charge in [0.1, 0.15) is 0 Å². The minimum absolute atomic E-state index is 0. The third-order valence-electron chi connectivity index (χ3n) is 8.40. The second-order valence-corrected chi connectivity index (χ2v) is 16.0. The van der Waals surface area contributed by atoms with Gasteiger partial charge in [0.15, 0.2) is 0 Å². The molecule has 4 aromatic heterocycles. The number of benzene rings is 4. The Morgan fingerprint density at radius 2 is 1.17 bits per heavy atom. The molecule has 0 N–H and O–H groups in total. The van der Waals surface area contributed by atoms with E-state index >= 15 is 0 Å². The molecule has 0 atom stereocenters. The molecule has 232 valence electrons. The van der Waals surface area contributed by atoms with E-state index < -0.39 is 8.07 Å². The first-order valence-corrected chi connectivity index (χ1v) is 18.5. The molecule has 9 rings (SSSR count). The number of aromatic nitrogens is 4. The molecule has 4 aromatic carbocycles. The second kappa shape index (κ2) is 14.7. The first kappa shape index (κ1) is 32.8. The van der Waals surface area contributed by atoms with Gasteiger partial charge in [0.25, 0.3) is 0 Å². The van der Waals surface area contributed by atoms with E-state index in [2.05, 4.69) is 76.6 Å². The molecule has 0 saturated carbocycles. The smallest absolute Gasteiger partial charge is 0.305 e. The van der Waals surface area contributed by atoms with Crippen molar-refractivity contribution in [3.8, 4) is 33.8 Å². The second-order valence-electron chi connectivity index (χ2n) is 11.7. The van der Waals surface area contributed by atoms with Crippen molar-refractivity contribution in [2.45, 2.75) is 13.1 Å². The average Bonchev–Trinajstić information content (AvgIpc) is 3.16. The van der Waals surface area contributed by atoms with Crippen LogP contribution in [0.1, 0.15) is 0 Å². The fourth-order valence-corrected chi connectivity index (χ4v) is 9.10. The molecule has 0 saturated heterocycles. The molecule has 0 radical (unpaired) electrons. The third kappa shape index (κ3) is 6.64. The maximum absolute atomic E-state index is 4.73. The summed E-state index contributed by atoms with van der Waals surface area (Å²) in [4.78, 5) is 17.5. The number of nitrogens with zero attached hydrogens (tertiary/aromatic N) is 4. The van der Waals surface area contributed by atoms with Gasteiger partial charge in [-0.3, -0.25) is 4.98 Å². The molecular formula is C42H31IrN4Si. The van der Waals surface area contributed by atoms with Crippen molar-refractivity contribution in [3.05, 3.63) is 171 Å². The van der Waals surface area contributed by atoms with Crippen molar-refractivity contribution in [3.63, 3.8) is 0 Å². The number of pyridine rings is 4. The molecule has 0 aliphatic carbocycles. The van der Waals surface area contributed by atoms with E-state index in [9.17, 15) is 0 Å². The van der Waals surface area contributed by atoms with Crippen LogP contribution in [-0.2, 0) is 20.1 Å². The Kier molecular flexibility index (Phi) is 10.1. The van der Waals surface area contributed by atoms with Gasteiger partial charge < -0.3 is 15.0 Å². The first-order valence-electron chi connectivity index (χ1n) is 15.5. The molecule has 5 heterocycles. The number of hydrogen-bond acceptors (Lipinski definition) is 4. The molecule has 0 unspecified atom stereocenters. The van der Waals surface area contributed by atoms with Crippen LogP contribution < -0.4 is 10.4 Å². The van der Waals surface area contributed by atoms with E-state index in [4.69, 9.17) is 4.98 Å². The molecule has 8 aromatic rings. The summed E-state index contributed by atoms with van der Waals surface area (Å²) in [7, 11) is -1.78. The van der Waals surface area contributed by atoms with Gasteiger partial charge in [0, 0.05) is 36.4 Å². The first-order chi connectivity index (χ1) is 23.1. The summed E-state index contributed by atoms with van der Waals surface area (Å²) in [5, 5.41) is 7.97. The van der Waals surface area contributed by atoms with Gasteiger partial charge in [-0.1, -0.05) is 48.6 Å². The monoisotopic (exact) mass is 812 g/mol. The molecule has 0 bridgehead atoms. The Morgan fingerprint density at radius 3 is 1.77 bits per heavy atom. The van der Waals surface area contributed by atoms with Crippen molar-refractivity contribution < 1.29 is 20.1 Å². The molecule has 6 heteroatoms. The molecule has 1 aliphatic heterocycles. The zero-order chi connectivity index (χ0) is 32.1. The summed E-state index contributed by atoms with van der Waals surface area (Å²) in [6, 6.07) is 50.0. The van der Waals surface area contributed by atoms with Crippen molar-refractivity contribution in [1.82, 2.24) is 19.9 Å². The van der Waals surface area contributed by atoms with E-state index in [1.54, 1.807) is 12.4 Å². The van der Waals surface area contributed by atoms with Crippen molar-refractivity contribution >= 4 is 40.0 Å². The summed E-state index contributed by atoms with van der Waals surface area (Å²) in [5.41, 5.74) is 6.29. The SMILES string of the molecule is C[Si]1(C)c2ccc[c-]c2-c2nccc3c2c1cc1cnccc13.[Ir+3].[c-]1ccccc1-c1ccccn1.[c-]1ccccc1-c1ccccn1. The number of hydrogen-bond donors (Lipinski definition) is 0. The van der Waals surface area contributed by atoms with Gasteiger partial charge in [0.05, 0.1) is 8.07 Å². The van der Waals surface area contributed by atoms with Gasteiger partial charge in [-0.05, 0) is 57.5 Å². The van der Waals surface area contributed by atoms with E-state index in [0.29, 0.717) is 0 Å². The van der Waals surface area contributed by atoms with E-state index in [1.165, 1.54) is 37.5 Å². The summed E-state index contributed by atoms with van der Waals surface area (Å²) in [6.07, 6.45) is 9.34. The van der Waals surface area contributed by atoms with Gasteiger partial charge in [-0.15, -0.1) is 107 Å². The van der Waals surface area contributed by atoms with Crippen molar-refractivity contribution in [1.29, 1.82) is 0 Å². The van der Waals surface area contributed by atoms with Crippen LogP contribution in [0.3, 0.4) is 0 Å². The van der Waals surface area contributed by atoms with Gasteiger partial charge in [-0.25, -0.2) is 0 Å². The van der Waals surface area contributed by atoms with Crippen molar-refractivity contribution in [2.75, 3.05) is 0 Å². The van der Waals surface area contributed by atoms with Gasteiger partial charge in [-0.2, -0.15) is 0 Å². The largest absolute Gasteiger partial charge is 3.00 e. The van der Waals surface area contributed by atoms with Gasteiger partial charge in [0.2, 0.25) is 0 Å². The van der Waals surface area contributed by atoms with Crippen molar-refractivity contribution in [2.24, 2.45) is 0 Å². The number of rotatable bonds is 2. The van der Waals surface area contributed by atoms with E-state index in [0.717, 1.165) is 28.2 Å². The summed E-state index contributed by atoms with van der Waals surface area (Å²) in [5.74, 6) is 0. The van der Waals surface area contributed by atoms with E-state index in [1.807, 2.05) is 110 Å². The summed E-state index contributed by atoms with van der Waals surface area (Å²) < 4.78 is 0. The molecule has 4 nitrogen and oxygen atoms in total. The van der Waals surface area contributed by atoms with Crippen LogP contribution in [0.2, 0.25) is 13.1 Å². The van der Waals surface area contributed by atoms with Crippen LogP contribution in [0.15, 0.2) is 152 Å². The zero-order valence-corrected chi connectivity index (χ0v) is 30.0. The topological polar surface area (TPSA) is 51.6 Å². The predicted octanol–water partition coefficient (Wildman–Crippen LogP) is 8.48. The Morgan fingerprint density at radius 1 is 0.542 bits per heavy atom. The van der Waals surface area contributed by atoms with Gasteiger partial charge >= 0.3 is 20.1 Å². The quantitative estimate of drug-likeness (QED) is 0.1000. The van der Waals surface area contributed by atoms with Crippen LogP contribution in [0, 0.1) is 18.2 Å². The van der Waals surface area contributed by atoms with E-state index in [-0.39, 0.29) is 20.1 Å². The molecule has 0 amide bonds. The van der Waals surface area contributed by atoms with Crippen LogP contribution in [0.5, 0.6) is 0 Å². The standard InChI is InChI=1S/C20H15N2Si.2C11H8N.Ir/c1-23(2)17-6-4-3-5-16(17)20-19-15(8-10-22-20)14-7-9-21-12-13(14)11-18(19)23;2*1-2-6-10(7-3-1)11-8-4-5-9-12-11;/h3-4,6-12H,1-2H3;2*1-6,8-9H;/q3*-1;+3. The summed E-state index contributed by atoms with van der Waals surface area (Å²) in [6.45, 7) is 4.85. The molecule has 48 heavy (non-hydrogen) atoms. The summed E-state index contributed by atoms with van der Waals surface area (Å²) >= 11 is 0. The minimum atomic E-state index is -1.78.